The number of halogens is 2. The van der Waals surface area contributed by atoms with Crippen LogP contribution in [0.15, 0.2) is 45.3 Å². The second-order valence-electron chi connectivity index (χ2n) is 5.38. The minimum atomic E-state index is -0.370. The van der Waals surface area contributed by atoms with Gasteiger partial charge in [-0.05, 0) is 0 Å². The van der Waals surface area contributed by atoms with E-state index in [2.05, 4.69) is 43.4 Å². The van der Waals surface area contributed by atoms with Gasteiger partial charge in [0.2, 0.25) is 0 Å². The number of allylic oxidation sites excluding steroid dienone is 8. The first-order valence-corrected chi connectivity index (χ1v) is 9.52. The molecule has 0 heterocycles. The third kappa shape index (κ3) is 3.75. The summed E-state index contributed by atoms with van der Waals surface area (Å²) >= 11 is -0.370. The summed E-state index contributed by atoms with van der Waals surface area (Å²) in [5.41, 5.74) is 1.83. The smallest absolute Gasteiger partial charge is 1.00 e. The van der Waals surface area contributed by atoms with Gasteiger partial charge in [-0.25, -0.2) is 0 Å². The Bertz CT molecular complexity index is 420. The molecule has 3 heteroatoms. The molecule has 0 amide bonds. The van der Waals surface area contributed by atoms with Gasteiger partial charge in [0.15, 0.2) is 0 Å². The van der Waals surface area contributed by atoms with Gasteiger partial charge in [-0.3, -0.25) is 0 Å². The van der Waals surface area contributed by atoms with Gasteiger partial charge in [-0.2, -0.15) is 0 Å². The van der Waals surface area contributed by atoms with Crippen molar-refractivity contribution in [2.45, 2.75) is 36.2 Å². The van der Waals surface area contributed by atoms with Gasteiger partial charge in [0.25, 0.3) is 0 Å². The van der Waals surface area contributed by atoms with Crippen LogP contribution in [0.4, 0.5) is 0 Å². The molecule has 102 valence electrons. The Morgan fingerprint density at radius 2 is 1.95 bits per heavy atom. The summed E-state index contributed by atoms with van der Waals surface area (Å²) in [5.74, 6) is 1.91. The first-order valence-electron chi connectivity index (χ1n) is 6.87. The van der Waals surface area contributed by atoms with Crippen LogP contribution in [0, 0.1) is 11.8 Å². The average Bonchev–Trinajstić information content (AvgIpc) is 2.98. The second kappa shape index (κ2) is 8.01. The fourth-order valence-corrected chi connectivity index (χ4v) is 8.17. The molecule has 3 rings (SSSR count). The molecule has 3 unspecified atom stereocenters. The molecule has 0 nitrogen and oxygen atoms in total. The molecule has 0 aromatic heterocycles. The van der Waals surface area contributed by atoms with Gasteiger partial charge < -0.3 is 24.8 Å². The molecule has 0 aliphatic heterocycles. The Balaban J connectivity index is 0.000000902. The van der Waals surface area contributed by atoms with Crippen molar-refractivity contribution in [2.75, 3.05) is 0 Å². The minimum Gasteiger partial charge on any atom is -1.00 e. The summed E-state index contributed by atoms with van der Waals surface area (Å²) in [7, 11) is 0. The Kier molecular flexibility index (Phi) is 7.37. The van der Waals surface area contributed by atoms with Crippen molar-refractivity contribution < 1.29 is 48.0 Å². The summed E-state index contributed by atoms with van der Waals surface area (Å²) in [6.07, 6.45) is 19.6. The molecule has 0 aromatic carbocycles. The zero-order valence-corrected chi connectivity index (χ0v) is 15.3. The van der Waals surface area contributed by atoms with Crippen LogP contribution in [0.3, 0.4) is 0 Å². The summed E-state index contributed by atoms with van der Waals surface area (Å²) in [4.78, 5) is 0. The third-order valence-electron chi connectivity index (χ3n) is 4.37. The fraction of sp³-hybridized carbons (Fsp3) is 0.500. The molecule has 1 fully saturated rings. The summed E-state index contributed by atoms with van der Waals surface area (Å²) in [6, 6.07) is 0. The zero-order chi connectivity index (χ0) is 11.7. The van der Waals surface area contributed by atoms with E-state index >= 15 is 0 Å². The molecular weight excluding hydrogens is 354 g/mol. The van der Waals surface area contributed by atoms with E-state index in [1.807, 2.05) is 8.85 Å². The Hall–Kier alpha value is 0.423. The maximum atomic E-state index is 2.46. The zero-order valence-electron chi connectivity index (χ0n) is 11.3. The van der Waals surface area contributed by atoms with Gasteiger partial charge in [0.05, 0.1) is 0 Å². The van der Waals surface area contributed by atoms with E-state index in [0.717, 1.165) is 15.5 Å². The van der Waals surface area contributed by atoms with Gasteiger partial charge in [0, 0.05) is 0 Å². The summed E-state index contributed by atoms with van der Waals surface area (Å²) < 4.78 is 2.82. The topological polar surface area (TPSA) is 0 Å². The standard InChI is InChI=1S/C11H15.C5H5.2ClH.Zr/c1-2-9-7-10-5-3-4-6-11(10)8-9;1-2-4-5-3-1;;;/h3-5,7,9,11H,2,6,8H2,1H3;1-3H,4H2;2*1H;/q;;;;+2/p-2. The van der Waals surface area contributed by atoms with Gasteiger partial charge in [-0.1, -0.05) is 0 Å². The van der Waals surface area contributed by atoms with Crippen LogP contribution in [0.25, 0.3) is 0 Å². The molecule has 3 atom stereocenters. The Morgan fingerprint density at radius 1 is 1.16 bits per heavy atom. The van der Waals surface area contributed by atoms with Crippen LogP contribution < -0.4 is 24.8 Å². The molecule has 0 spiro atoms. The van der Waals surface area contributed by atoms with Crippen molar-refractivity contribution in [3.63, 3.8) is 0 Å². The number of hydrogen-bond donors (Lipinski definition) is 0. The van der Waals surface area contributed by atoms with E-state index in [0.29, 0.717) is 0 Å². The van der Waals surface area contributed by atoms with Crippen molar-refractivity contribution in [1.29, 1.82) is 0 Å². The molecule has 1 saturated carbocycles. The van der Waals surface area contributed by atoms with Gasteiger partial charge in [0.1, 0.15) is 0 Å². The molecule has 0 N–H and O–H groups in total. The van der Waals surface area contributed by atoms with E-state index in [4.69, 9.17) is 0 Å². The van der Waals surface area contributed by atoms with E-state index in [1.54, 1.807) is 0 Å². The summed E-state index contributed by atoms with van der Waals surface area (Å²) in [5, 5.41) is 0. The number of fused-ring (bicyclic) bond motifs is 1. The molecule has 3 aliphatic carbocycles. The number of hydrogen-bond acceptors (Lipinski definition) is 0. The fourth-order valence-electron chi connectivity index (χ4n) is 3.42. The maximum absolute atomic E-state index is 2.46. The molecule has 0 saturated heterocycles. The van der Waals surface area contributed by atoms with E-state index in [1.165, 1.54) is 25.7 Å². The monoisotopic (exact) mass is 372 g/mol. The van der Waals surface area contributed by atoms with Crippen LogP contribution in [0.5, 0.6) is 0 Å². The molecule has 0 bridgehead atoms. The first kappa shape index (κ1) is 17.5. The number of rotatable bonds is 3. The van der Waals surface area contributed by atoms with Crippen LogP contribution >= 0.6 is 0 Å². The largest absolute Gasteiger partial charge is 1.00 e. The SMILES string of the molecule is CCC1CC2CC=CC=C2[CH]1[Zr+2][C]1=CC=CC1.[Cl-].[Cl-]. The Labute approximate surface area is 140 Å². The summed E-state index contributed by atoms with van der Waals surface area (Å²) in [6.45, 7) is 2.39. The normalized spacial score (nSPS) is 30.7. The van der Waals surface area contributed by atoms with E-state index < -0.39 is 0 Å². The average molecular weight is 374 g/mol. The van der Waals surface area contributed by atoms with E-state index in [-0.39, 0.29) is 48.0 Å². The predicted octanol–water partition coefficient (Wildman–Crippen LogP) is -1.36. The van der Waals surface area contributed by atoms with Gasteiger partial charge >= 0.3 is 117 Å². The first-order chi connectivity index (χ1) is 8.38. The molecule has 19 heavy (non-hydrogen) atoms. The molecule has 3 aliphatic rings. The minimum absolute atomic E-state index is 0. The van der Waals surface area contributed by atoms with Crippen molar-refractivity contribution in [3.05, 3.63) is 45.3 Å². The van der Waals surface area contributed by atoms with Gasteiger partial charge in [-0.15, -0.1) is 0 Å². The molecular formula is C16H20Cl2Zr. The maximum Gasteiger partial charge on any atom is -1.00 e. The van der Waals surface area contributed by atoms with Crippen molar-refractivity contribution in [3.8, 4) is 0 Å². The van der Waals surface area contributed by atoms with Crippen molar-refractivity contribution in [2.24, 2.45) is 11.8 Å². The quantitative estimate of drug-likeness (QED) is 0.573. The van der Waals surface area contributed by atoms with Crippen LogP contribution in [-0.4, -0.2) is 0 Å². The predicted molar refractivity (Wildman–Crippen MR) is 69.3 cm³/mol. The third-order valence-corrected chi connectivity index (χ3v) is 8.94. The van der Waals surface area contributed by atoms with Crippen molar-refractivity contribution >= 4 is 0 Å². The molecule has 0 aromatic rings. The second-order valence-corrected chi connectivity index (χ2v) is 9.19. The molecule has 0 radical (unpaired) electrons. The van der Waals surface area contributed by atoms with Crippen LogP contribution in [-0.2, 0) is 23.2 Å². The van der Waals surface area contributed by atoms with Crippen LogP contribution in [0.2, 0.25) is 3.63 Å². The van der Waals surface area contributed by atoms with E-state index in [9.17, 15) is 0 Å². The van der Waals surface area contributed by atoms with Crippen molar-refractivity contribution in [1.82, 2.24) is 0 Å². The van der Waals surface area contributed by atoms with Crippen LogP contribution in [0.1, 0.15) is 32.6 Å². The Morgan fingerprint density at radius 3 is 2.63 bits per heavy atom.